The van der Waals surface area contributed by atoms with Gasteiger partial charge in [-0.1, -0.05) is 27.7 Å². The van der Waals surface area contributed by atoms with E-state index in [0.29, 0.717) is 25.0 Å². The topological polar surface area (TPSA) is 18.5 Å². The Morgan fingerprint density at radius 3 is 1.18 bits per heavy atom. The van der Waals surface area contributed by atoms with Gasteiger partial charge in [-0.2, -0.15) is 0 Å². The standard InChI is InChI=1S/2C5H10OS2.Zn/c2*1-4(2)3-6-5(7)8;/h2*4H,3H2,1-2H3,(H,7,8);/q;;+2/p-2. The molecule has 0 heterocycles. The van der Waals surface area contributed by atoms with E-state index in [0.717, 1.165) is 0 Å². The van der Waals surface area contributed by atoms with Gasteiger partial charge in [0.2, 0.25) is 0 Å². The molecule has 0 unspecified atom stereocenters. The minimum absolute atomic E-state index is 0. The number of hydrogen-bond donors (Lipinski definition) is 0. The molecule has 7 heteroatoms. The fourth-order valence-corrected chi connectivity index (χ4v) is 0.742. The van der Waals surface area contributed by atoms with E-state index in [1.54, 1.807) is 0 Å². The molecule has 0 bridgehead atoms. The molecule has 0 atom stereocenters. The molecule has 0 saturated carbocycles. The Hall–Kier alpha value is 0.843. The number of hydrogen-bond acceptors (Lipinski definition) is 6. The van der Waals surface area contributed by atoms with Crippen LogP contribution in [0.3, 0.4) is 0 Å². The molecule has 0 aromatic carbocycles. The Labute approximate surface area is 139 Å². The Morgan fingerprint density at radius 1 is 0.882 bits per heavy atom. The summed E-state index contributed by atoms with van der Waals surface area (Å²) in [5, 5.41) is 0. The maximum absolute atomic E-state index is 4.85. The van der Waals surface area contributed by atoms with E-state index in [1.807, 2.05) is 27.7 Å². The Kier molecular flexibility index (Phi) is 20.1. The molecule has 0 saturated heterocycles. The summed E-state index contributed by atoms with van der Waals surface area (Å²) in [6, 6.07) is 0. The zero-order chi connectivity index (χ0) is 13.1. The van der Waals surface area contributed by atoms with Crippen LogP contribution in [0.4, 0.5) is 0 Å². The van der Waals surface area contributed by atoms with Crippen LogP contribution < -0.4 is 0 Å². The molecule has 17 heavy (non-hydrogen) atoms. The molecule has 0 aromatic heterocycles. The monoisotopic (exact) mass is 362 g/mol. The summed E-state index contributed by atoms with van der Waals surface area (Å²) in [5.74, 6) is 1.02. The van der Waals surface area contributed by atoms with Gasteiger partial charge in [0.25, 0.3) is 0 Å². The van der Waals surface area contributed by atoms with Gasteiger partial charge in [-0.05, 0) is 11.8 Å². The fraction of sp³-hybridized carbons (Fsp3) is 0.800. The normalized spacial score (nSPS) is 8.82. The summed E-state index contributed by atoms with van der Waals surface area (Å²) < 4.78 is 10.1. The van der Waals surface area contributed by atoms with E-state index in [-0.39, 0.29) is 28.2 Å². The molecule has 0 fully saturated rings. The second-order valence-corrected chi connectivity index (χ2v) is 5.91. The van der Waals surface area contributed by atoms with Gasteiger partial charge in [0, 0.05) is 8.77 Å². The van der Waals surface area contributed by atoms with Crippen molar-refractivity contribution in [1.29, 1.82) is 0 Å². The first-order valence-corrected chi connectivity index (χ1v) is 6.56. The number of rotatable bonds is 4. The third kappa shape index (κ3) is 31.6. The smallest absolute Gasteiger partial charge is 0.513 e. The maximum atomic E-state index is 4.85. The summed E-state index contributed by atoms with van der Waals surface area (Å²) in [4.78, 5) is 0. The van der Waals surface area contributed by atoms with Crippen molar-refractivity contribution in [3.8, 4) is 0 Å². The van der Waals surface area contributed by atoms with Crippen molar-refractivity contribution in [3.63, 3.8) is 0 Å². The van der Waals surface area contributed by atoms with E-state index in [1.165, 1.54) is 0 Å². The molecule has 2 nitrogen and oxygen atoms in total. The first-order valence-electron chi connectivity index (χ1n) is 4.93. The van der Waals surface area contributed by atoms with Gasteiger partial charge >= 0.3 is 19.5 Å². The van der Waals surface area contributed by atoms with Gasteiger partial charge < -0.3 is 59.2 Å². The first-order chi connectivity index (χ1) is 7.25. The summed E-state index contributed by atoms with van der Waals surface area (Å²) in [6.45, 7) is 9.48. The Bertz CT molecular complexity index is 188. The van der Waals surface area contributed by atoms with E-state index in [2.05, 4.69) is 49.7 Å². The number of ether oxygens (including phenoxy) is 2. The molecule has 0 radical (unpaired) electrons. The molecule has 0 aliphatic rings. The molecule has 0 aliphatic carbocycles. The first kappa shape index (κ1) is 23.0. The van der Waals surface area contributed by atoms with Crippen molar-refractivity contribution in [1.82, 2.24) is 0 Å². The maximum Gasteiger partial charge on any atom is 2.00 e. The van der Waals surface area contributed by atoms with Crippen molar-refractivity contribution < 1.29 is 29.0 Å². The van der Waals surface area contributed by atoms with E-state index in [4.69, 9.17) is 9.47 Å². The third-order valence-electron chi connectivity index (χ3n) is 1.07. The van der Waals surface area contributed by atoms with Crippen LogP contribution in [-0.4, -0.2) is 22.0 Å². The van der Waals surface area contributed by atoms with Gasteiger partial charge in [0.15, 0.2) is 0 Å². The van der Waals surface area contributed by atoms with Crippen LogP contribution in [-0.2, 0) is 54.2 Å². The van der Waals surface area contributed by atoms with Crippen molar-refractivity contribution in [2.75, 3.05) is 13.2 Å². The Balaban J connectivity index is -0.000000218. The molecule has 0 aromatic rings. The van der Waals surface area contributed by atoms with Crippen LogP contribution in [0.25, 0.3) is 0 Å². The average molecular weight is 364 g/mol. The van der Waals surface area contributed by atoms with Crippen LogP contribution >= 0.6 is 24.4 Å². The minimum Gasteiger partial charge on any atom is -0.513 e. The van der Waals surface area contributed by atoms with Crippen LogP contribution in [0.2, 0.25) is 0 Å². The summed E-state index contributed by atoms with van der Waals surface area (Å²) in [7, 11) is 0. The van der Waals surface area contributed by atoms with E-state index in [9.17, 15) is 0 Å². The largest absolute Gasteiger partial charge is 2.00 e. The quantitative estimate of drug-likeness (QED) is 0.431. The van der Waals surface area contributed by atoms with Crippen LogP contribution in [0.5, 0.6) is 0 Å². The van der Waals surface area contributed by atoms with Crippen molar-refractivity contribution >= 4 is 58.5 Å². The molecular weight excluding hydrogens is 346 g/mol. The van der Waals surface area contributed by atoms with E-state index < -0.39 is 0 Å². The number of thiocarbonyl (C=S) groups is 2. The predicted octanol–water partition coefficient (Wildman–Crippen LogP) is 2.98. The molecule has 0 amide bonds. The summed E-state index contributed by atoms with van der Waals surface area (Å²) in [5.41, 5.74) is 0. The second kappa shape index (κ2) is 14.9. The average Bonchev–Trinajstić information content (AvgIpc) is 2.12. The zero-order valence-corrected chi connectivity index (χ0v) is 17.0. The van der Waals surface area contributed by atoms with Gasteiger partial charge in [0.1, 0.15) is 0 Å². The molecular formula is C10H18O2S4Zn. The zero-order valence-electron chi connectivity index (χ0n) is 10.7. The van der Waals surface area contributed by atoms with Gasteiger partial charge in [-0.25, -0.2) is 0 Å². The van der Waals surface area contributed by atoms with Crippen LogP contribution in [0, 0.1) is 11.8 Å². The summed E-state index contributed by atoms with van der Waals surface area (Å²) in [6.07, 6.45) is 0. The third-order valence-corrected chi connectivity index (χ3v) is 1.54. The molecule has 0 rings (SSSR count). The van der Waals surface area contributed by atoms with Crippen LogP contribution in [0.1, 0.15) is 27.7 Å². The minimum atomic E-state index is 0. The second-order valence-electron chi connectivity index (χ2n) is 3.91. The molecule has 0 spiro atoms. The van der Waals surface area contributed by atoms with Crippen molar-refractivity contribution in [2.45, 2.75) is 27.7 Å². The molecule has 0 aliphatic heterocycles. The van der Waals surface area contributed by atoms with Crippen molar-refractivity contribution in [2.24, 2.45) is 11.8 Å². The fourth-order valence-electron chi connectivity index (χ4n) is 0.469. The van der Waals surface area contributed by atoms with Gasteiger partial charge in [-0.15, -0.1) is 0 Å². The SMILES string of the molecule is CC(C)COC(=S)[S-].CC(C)COC(=S)[S-].[Zn+2]. The summed E-state index contributed by atoms with van der Waals surface area (Å²) >= 11 is 18.0. The van der Waals surface area contributed by atoms with E-state index >= 15 is 0 Å². The van der Waals surface area contributed by atoms with Crippen molar-refractivity contribution in [3.05, 3.63) is 0 Å². The van der Waals surface area contributed by atoms with Crippen LogP contribution in [0.15, 0.2) is 0 Å². The predicted molar refractivity (Wildman–Crippen MR) is 81.5 cm³/mol. The molecule has 96 valence electrons. The molecule has 0 N–H and O–H groups in total. The Morgan fingerprint density at radius 2 is 1.12 bits per heavy atom. The van der Waals surface area contributed by atoms with Gasteiger partial charge in [-0.3, -0.25) is 0 Å². The van der Waals surface area contributed by atoms with Gasteiger partial charge in [0.05, 0.1) is 13.2 Å².